The summed E-state index contributed by atoms with van der Waals surface area (Å²) in [4.78, 5) is 36.6. The Morgan fingerprint density at radius 2 is 1.72 bits per heavy atom. The monoisotopic (exact) mass is 440 g/mol. The third kappa shape index (κ3) is 8.39. The molecule has 172 valence electrons. The Morgan fingerprint density at radius 1 is 0.969 bits per heavy atom. The Kier molecular flexibility index (Phi) is 10.2. The summed E-state index contributed by atoms with van der Waals surface area (Å²) in [6.45, 7) is 5.11. The Morgan fingerprint density at radius 3 is 2.41 bits per heavy atom. The van der Waals surface area contributed by atoms with Crippen molar-refractivity contribution >= 4 is 29.1 Å². The van der Waals surface area contributed by atoms with Gasteiger partial charge in [-0.1, -0.05) is 13.0 Å². The number of anilines is 2. The van der Waals surface area contributed by atoms with E-state index in [1.807, 2.05) is 13.8 Å². The van der Waals surface area contributed by atoms with Gasteiger partial charge in [0.15, 0.2) is 0 Å². The van der Waals surface area contributed by atoms with Crippen LogP contribution in [0.3, 0.4) is 0 Å². The van der Waals surface area contributed by atoms with E-state index < -0.39 is 0 Å². The van der Waals surface area contributed by atoms with Crippen LogP contribution >= 0.6 is 0 Å². The van der Waals surface area contributed by atoms with Crippen LogP contribution in [0.4, 0.5) is 11.4 Å². The van der Waals surface area contributed by atoms with E-state index in [1.165, 1.54) is 0 Å². The molecule has 2 aromatic rings. The zero-order chi connectivity index (χ0) is 23.3. The van der Waals surface area contributed by atoms with Crippen LogP contribution in [-0.2, 0) is 9.53 Å². The number of amides is 3. The van der Waals surface area contributed by atoms with Gasteiger partial charge in [0.25, 0.3) is 11.8 Å². The zero-order valence-electron chi connectivity index (χ0n) is 18.9. The molecule has 32 heavy (non-hydrogen) atoms. The second kappa shape index (κ2) is 13.1. The number of hydrogen-bond donors (Lipinski definition) is 4. The van der Waals surface area contributed by atoms with Gasteiger partial charge in [-0.25, -0.2) is 0 Å². The van der Waals surface area contributed by atoms with Gasteiger partial charge in [0.1, 0.15) is 0 Å². The summed E-state index contributed by atoms with van der Waals surface area (Å²) < 4.78 is 4.96. The molecule has 0 fully saturated rings. The fourth-order valence-corrected chi connectivity index (χ4v) is 2.79. The summed E-state index contributed by atoms with van der Waals surface area (Å²) in [7, 11) is 1.62. The van der Waals surface area contributed by atoms with E-state index in [2.05, 4.69) is 21.3 Å². The molecule has 0 aromatic heterocycles. The van der Waals surface area contributed by atoms with E-state index in [4.69, 9.17) is 4.74 Å². The van der Waals surface area contributed by atoms with Crippen molar-refractivity contribution in [1.82, 2.24) is 10.6 Å². The molecular formula is C24H32N4O4. The first kappa shape index (κ1) is 24.9. The van der Waals surface area contributed by atoms with Crippen LogP contribution in [0, 0.1) is 0 Å². The zero-order valence-corrected chi connectivity index (χ0v) is 18.9. The standard InChI is InChI=1S/C24H32N4O4/c1-4-17(2)27-24(31)18-9-11-20(12-10-18)28-22(29)16-26-21-8-5-7-19(15-21)23(30)25-13-6-14-32-3/h5,7-12,15,17,26H,4,6,13-14,16H2,1-3H3,(H,25,30)(H,27,31)(H,28,29). The minimum atomic E-state index is -0.240. The van der Waals surface area contributed by atoms with Crippen molar-refractivity contribution in [3.8, 4) is 0 Å². The van der Waals surface area contributed by atoms with Crippen molar-refractivity contribution in [3.63, 3.8) is 0 Å². The van der Waals surface area contributed by atoms with E-state index in [9.17, 15) is 14.4 Å². The maximum absolute atomic E-state index is 12.3. The Bertz CT molecular complexity index is 899. The molecule has 0 aliphatic carbocycles. The molecule has 8 nitrogen and oxygen atoms in total. The van der Waals surface area contributed by atoms with E-state index in [1.54, 1.807) is 55.6 Å². The first-order valence-electron chi connectivity index (χ1n) is 10.7. The highest BCUT2D eigenvalue weighted by Gasteiger charge is 2.10. The van der Waals surface area contributed by atoms with Crippen molar-refractivity contribution in [2.75, 3.05) is 37.4 Å². The lowest BCUT2D eigenvalue weighted by molar-refractivity contribution is -0.114. The molecule has 0 aliphatic rings. The number of nitrogens with one attached hydrogen (secondary N) is 4. The topological polar surface area (TPSA) is 109 Å². The lowest BCUT2D eigenvalue weighted by atomic mass is 10.1. The van der Waals surface area contributed by atoms with Crippen LogP contribution in [-0.4, -0.2) is 50.6 Å². The summed E-state index contributed by atoms with van der Waals surface area (Å²) in [5.74, 6) is -0.551. The average molecular weight is 441 g/mol. The fraction of sp³-hybridized carbons (Fsp3) is 0.375. The van der Waals surface area contributed by atoms with Crippen molar-refractivity contribution in [1.29, 1.82) is 0 Å². The van der Waals surface area contributed by atoms with E-state index in [-0.39, 0.29) is 30.3 Å². The lowest BCUT2D eigenvalue weighted by Gasteiger charge is -2.12. The highest BCUT2D eigenvalue weighted by Crippen LogP contribution is 2.12. The van der Waals surface area contributed by atoms with E-state index >= 15 is 0 Å². The molecule has 0 radical (unpaired) electrons. The Hall–Kier alpha value is -3.39. The molecule has 1 atom stereocenters. The molecule has 0 saturated heterocycles. The van der Waals surface area contributed by atoms with Gasteiger partial charge < -0.3 is 26.0 Å². The van der Waals surface area contributed by atoms with Gasteiger partial charge in [-0.3, -0.25) is 14.4 Å². The largest absolute Gasteiger partial charge is 0.385 e. The average Bonchev–Trinajstić information content (AvgIpc) is 2.81. The van der Waals surface area contributed by atoms with Crippen LogP contribution in [0.2, 0.25) is 0 Å². The maximum atomic E-state index is 12.3. The predicted octanol–water partition coefficient (Wildman–Crippen LogP) is 3.03. The van der Waals surface area contributed by atoms with E-state index in [0.717, 1.165) is 12.8 Å². The number of benzene rings is 2. The van der Waals surface area contributed by atoms with Gasteiger partial charge in [-0.05, 0) is 62.2 Å². The van der Waals surface area contributed by atoms with Crippen molar-refractivity contribution < 1.29 is 19.1 Å². The number of methoxy groups -OCH3 is 1. The molecule has 0 spiro atoms. The number of carbonyl (C=O) groups excluding carboxylic acids is 3. The number of carbonyl (C=O) groups is 3. The van der Waals surface area contributed by atoms with Gasteiger partial charge in [0.05, 0.1) is 6.54 Å². The highest BCUT2D eigenvalue weighted by molar-refractivity contribution is 5.97. The summed E-state index contributed by atoms with van der Waals surface area (Å²) in [6, 6.07) is 13.8. The SMILES string of the molecule is CCC(C)NC(=O)c1ccc(NC(=O)CNc2cccc(C(=O)NCCCOC)c2)cc1. The quantitative estimate of drug-likeness (QED) is 0.380. The normalized spacial score (nSPS) is 11.3. The molecule has 0 aliphatic heterocycles. The number of ether oxygens (including phenoxy) is 1. The summed E-state index contributed by atoms with van der Waals surface area (Å²) >= 11 is 0. The van der Waals surface area contributed by atoms with Gasteiger partial charge in [-0.2, -0.15) is 0 Å². The van der Waals surface area contributed by atoms with E-state index in [0.29, 0.717) is 35.7 Å². The molecule has 0 heterocycles. The summed E-state index contributed by atoms with van der Waals surface area (Å²) in [6.07, 6.45) is 1.60. The Labute approximate surface area is 189 Å². The van der Waals surface area contributed by atoms with Crippen molar-refractivity contribution in [2.45, 2.75) is 32.7 Å². The van der Waals surface area contributed by atoms with Crippen molar-refractivity contribution in [2.24, 2.45) is 0 Å². The number of hydrogen-bond acceptors (Lipinski definition) is 5. The van der Waals surface area contributed by atoms with Crippen LogP contribution in [0.25, 0.3) is 0 Å². The van der Waals surface area contributed by atoms with Crippen molar-refractivity contribution in [3.05, 3.63) is 59.7 Å². The molecule has 8 heteroatoms. The summed E-state index contributed by atoms with van der Waals surface area (Å²) in [5, 5.41) is 11.5. The van der Waals surface area contributed by atoms with Crippen LogP contribution < -0.4 is 21.3 Å². The van der Waals surface area contributed by atoms with Gasteiger partial charge in [-0.15, -0.1) is 0 Å². The third-order valence-electron chi connectivity index (χ3n) is 4.81. The fourth-order valence-electron chi connectivity index (χ4n) is 2.79. The van der Waals surface area contributed by atoms with Gasteiger partial charge in [0, 0.05) is 48.8 Å². The smallest absolute Gasteiger partial charge is 0.251 e. The van der Waals surface area contributed by atoms with Gasteiger partial charge in [0.2, 0.25) is 5.91 Å². The minimum Gasteiger partial charge on any atom is -0.385 e. The van der Waals surface area contributed by atoms with Crippen LogP contribution in [0.1, 0.15) is 47.4 Å². The molecule has 3 amide bonds. The first-order valence-corrected chi connectivity index (χ1v) is 10.7. The molecule has 1 unspecified atom stereocenters. The van der Waals surface area contributed by atoms with Crippen LogP contribution in [0.15, 0.2) is 48.5 Å². The van der Waals surface area contributed by atoms with Gasteiger partial charge >= 0.3 is 0 Å². The minimum absolute atomic E-state index is 0.0369. The molecule has 0 saturated carbocycles. The third-order valence-corrected chi connectivity index (χ3v) is 4.81. The highest BCUT2D eigenvalue weighted by atomic mass is 16.5. The molecular weight excluding hydrogens is 408 g/mol. The Balaban J connectivity index is 1.83. The molecule has 2 aromatic carbocycles. The second-order valence-corrected chi connectivity index (χ2v) is 7.44. The molecule has 0 bridgehead atoms. The summed E-state index contributed by atoms with van der Waals surface area (Å²) in [5.41, 5.74) is 2.32. The predicted molar refractivity (Wildman–Crippen MR) is 126 cm³/mol. The first-order chi connectivity index (χ1) is 15.4. The lowest BCUT2D eigenvalue weighted by Crippen LogP contribution is -2.31. The molecule has 2 rings (SSSR count). The molecule has 4 N–H and O–H groups in total. The second-order valence-electron chi connectivity index (χ2n) is 7.44. The van der Waals surface area contributed by atoms with Crippen LogP contribution in [0.5, 0.6) is 0 Å². The number of rotatable bonds is 12. The maximum Gasteiger partial charge on any atom is 0.251 e.